The molecule has 0 saturated carbocycles. The summed E-state index contributed by atoms with van der Waals surface area (Å²) in [6, 6.07) is 6.64. The van der Waals surface area contributed by atoms with E-state index in [0.717, 1.165) is 16.8 Å². The SMILES string of the molecule is COc1c(Br)cccc1[C@H]1CCN1. The number of rotatable bonds is 2. The molecule has 70 valence electrons. The summed E-state index contributed by atoms with van der Waals surface area (Å²) >= 11 is 3.48. The second-order valence-corrected chi connectivity index (χ2v) is 4.01. The number of halogens is 1. The Hall–Kier alpha value is -0.540. The van der Waals surface area contributed by atoms with Crippen molar-refractivity contribution in [3.05, 3.63) is 28.2 Å². The molecule has 0 unspecified atom stereocenters. The minimum atomic E-state index is 0.479. The van der Waals surface area contributed by atoms with E-state index in [-0.39, 0.29) is 0 Å². The van der Waals surface area contributed by atoms with Crippen LogP contribution in [0.25, 0.3) is 0 Å². The zero-order valence-electron chi connectivity index (χ0n) is 7.51. The molecule has 1 fully saturated rings. The molecule has 3 heteroatoms. The van der Waals surface area contributed by atoms with Crippen LogP contribution in [0.1, 0.15) is 18.0 Å². The van der Waals surface area contributed by atoms with E-state index in [1.165, 1.54) is 12.0 Å². The van der Waals surface area contributed by atoms with Crippen LogP contribution in [0.5, 0.6) is 5.75 Å². The van der Waals surface area contributed by atoms with Gasteiger partial charge in [-0.15, -0.1) is 0 Å². The lowest BCUT2D eigenvalue weighted by atomic mass is 9.97. The second kappa shape index (κ2) is 3.68. The first-order chi connectivity index (χ1) is 6.33. The number of benzene rings is 1. The van der Waals surface area contributed by atoms with Crippen LogP contribution in [0.15, 0.2) is 22.7 Å². The minimum Gasteiger partial charge on any atom is -0.495 e. The van der Waals surface area contributed by atoms with E-state index in [1.54, 1.807) is 7.11 Å². The Bertz CT molecular complexity index is 310. The molecule has 1 saturated heterocycles. The lowest BCUT2D eigenvalue weighted by molar-refractivity contribution is 0.352. The van der Waals surface area contributed by atoms with Crippen molar-refractivity contribution >= 4 is 15.9 Å². The molecule has 1 heterocycles. The highest BCUT2D eigenvalue weighted by atomic mass is 79.9. The lowest BCUT2D eigenvalue weighted by Gasteiger charge is -2.29. The molecule has 1 aromatic rings. The fourth-order valence-corrected chi connectivity index (χ4v) is 2.11. The Morgan fingerprint density at radius 2 is 2.31 bits per heavy atom. The standard InChI is InChI=1S/C10H12BrNO/c1-13-10-7(9-5-6-12-9)3-2-4-8(10)11/h2-4,9,12H,5-6H2,1H3/t9-/m1/s1. The third-order valence-corrected chi connectivity index (χ3v) is 3.03. The van der Waals surface area contributed by atoms with E-state index in [0.29, 0.717) is 6.04 Å². The van der Waals surface area contributed by atoms with Crippen LogP contribution < -0.4 is 10.1 Å². The third kappa shape index (κ3) is 1.58. The largest absolute Gasteiger partial charge is 0.495 e. The van der Waals surface area contributed by atoms with Gasteiger partial charge in [-0.3, -0.25) is 0 Å². The molecule has 1 aromatic carbocycles. The van der Waals surface area contributed by atoms with E-state index in [2.05, 4.69) is 27.3 Å². The van der Waals surface area contributed by atoms with Gasteiger partial charge in [0.25, 0.3) is 0 Å². The van der Waals surface area contributed by atoms with Crippen molar-refractivity contribution in [1.82, 2.24) is 5.32 Å². The number of hydrogen-bond acceptors (Lipinski definition) is 2. The Balaban J connectivity index is 2.37. The maximum atomic E-state index is 5.35. The number of ether oxygens (including phenoxy) is 1. The van der Waals surface area contributed by atoms with Crippen LogP contribution in [-0.2, 0) is 0 Å². The summed E-state index contributed by atoms with van der Waals surface area (Å²) in [5.41, 5.74) is 1.25. The highest BCUT2D eigenvalue weighted by Crippen LogP contribution is 2.35. The Labute approximate surface area is 86.4 Å². The van der Waals surface area contributed by atoms with E-state index >= 15 is 0 Å². The predicted molar refractivity (Wildman–Crippen MR) is 56.1 cm³/mol. The molecule has 0 aromatic heterocycles. The van der Waals surface area contributed by atoms with E-state index in [1.807, 2.05) is 12.1 Å². The number of hydrogen-bond donors (Lipinski definition) is 1. The van der Waals surface area contributed by atoms with Gasteiger partial charge in [0.05, 0.1) is 11.6 Å². The maximum absolute atomic E-state index is 5.35. The maximum Gasteiger partial charge on any atom is 0.137 e. The highest BCUT2D eigenvalue weighted by molar-refractivity contribution is 9.10. The molecule has 1 aliphatic rings. The van der Waals surface area contributed by atoms with Crippen molar-refractivity contribution in [2.75, 3.05) is 13.7 Å². The van der Waals surface area contributed by atoms with Crippen molar-refractivity contribution in [3.63, 3.8) is 0 Å². The van der Waals surface area contributed by atoms with E-state index in [4.69, 9.17) is 4.74 Å². The molecular formula is C10H12BrNO. The van der Waals surface area contributed by atoms with E-state index < -0.39 is 0 Å². The molecule has 0 aliphatic carbocycles. The van der Waals surface area contributed by atoms with Crippen molar-refractivity contribution < 1.29 is 4.74 Å². The van der Waals surface area contributed by atoms with Crippen LogP contribution >= 0.6 is 15.9 Å². The molecule has 1 aliphatic heterocycles. The average Bonchev–Trinajstić information content (AvgIpc) is 2.01. The Kier molecular flexibility index (Phi) is 2.56. The van der Waals surface area contributed by atoms with Gasteiger partial charge in [-0.25, -0.2) is 0 Å². The van der Waals surface area contributed by atoms with Crippen molar-refractivity contribution in [1.29, 1.82) is 0 Å². The summed E-state index contributed by atoms with van der Waals surface area (Å²) in [6.07, 6.45) is 1.20. The van der Waals surface area contributed by atoms with E-state index in [9.17, 15) is 0 Å². The molecular weight excluding hydrogens is 230 g/mol. The first kappa shape index (κ1) is 9.03. The molecule has 0 spiro atoms. The summed E-state index contributed by atoms with van der Waals surface area (Å²) in [5.74, 6) is 0.958. The molecule has 0 bridgehead atoms. The predicted octanol–water partition coefficient (Wildman–Crippen LogP) is 2.49. The molecule has 0 amide bonds. The third-order valence-electron chi connectivity index (χ3n) is 2.40. The van der Waals surface area contributed by atoms with Gasteiger partial charge in [0, 0.05) is 11.6 Å². The zero-order valence-corrected chi connectivity index (χ0v) is 9.10. The topological polar surface area (TPSA) is 21.3 Å². The van der Waals surface area contributed by atoms with Crippen LogP contribution in [0, 0.1) is 0 Å². The van der Waals surface area contributed by atoms with Gasteiger partial charge in [-0.2, -0.15) is 0 Å². The van der Waals surface area contributed by atoms with Crippen LogP contribution in [0.3, 0.4) is 0 Å². The number of para-hydroxylation sites is 1. The second-order valence-electron chi connectivity index (χ2n) is 3.16. The Morgan fingerprint density at radius 3 is 2.85 bits per heavy atom. The first-order valence-electron chi connectivity index (χ1n) is 4.38. The Morgan fingerprint density at radius 1 is 1.54 bits per heavy atom. The molecule has 13 heavy (non-hydrogen) atoms. The summed E-state index contributed by atoms with van der Waals surface area (Å²) in [7, 11) is 1.71. The number of nitrogens with one attached hydrogen (secondary N) is 1. The quantitative estimate of drug-likeness (QED) is 0.860. The summed E-state index contributed by atoms with van der Waals surface area (Å²) < 4.78 is 6.37. The molecule has 2 rings (SSSR count). The summed E-state index contributed by atoms with van der Waals surface area (Å²) in [6.45, 7) is 1.11. The average molecular weight is 242 g/mol. The van der Waals surface area contributed by atoms with Gasteiger partial charge in [0.15, 0.2) is 0 Å². The lowest BCUT2D eigenvalue weighted by Crippen LogP contribution is -2.35. The monoisotopic (exact) mass is 241 g/mol. The van der Waals surface area contributed by atoms with Crippen molar-refractivity contribution in [2.24, 2.45) is 0 Å². The molecule has 2 nitrogen and oxygen atoms in total. The minimum absolute atomic E-state index is 0.479. The molecule has 0 radical (unpaired) electrons. The highest BCUT2D eigenvalue weighted by Gasteiger charge is 2.22. The molecule has 1 N–H and O–H groups in total. The van der Waals surface area contributed by atoms with Crippen molar-refractivity contribution in [3.8, 4) is 5.75 Å². The first-order valence-corrected chi connectivity index (χ1v) is 5.18. The van der Waals surface area contributed by atoms with Gasteiger partial charge in [0.2, 0.25) is 0 Å². The van der Waals surface area contributed by atoms with Crippen LogP contribution in [-0.4, -0.2) is 13.7 Å². The van der Waals surface area contributed by atoms with Crippen molar-refractivity contribution in [2.45, 2.75) is 12.5 Å². The van der Waals surface area contributed by atoms with Gasteiger partial charge < -0.3 is 10.1 Å². The van der Waals surface area contributed by atoms with Gasteiger partial charge in [-0.05, 0) is 35.0 Å². The smallest absolute Gasteiger partial charge is 0.137 e. The summed E-state index contributed by atoms with van der Waals surface area (Å²) in [5, 5.41) is 3.36. The fraction of sp³-hybridized carbons (Fsp3) is 0.400. The summed E-state index contributed by atoms with van der Waals surface area (Å²) in [4.78, 5) is 0. The molecule has 1 atom stereocenters. The fourth-order valence-electron chi connectivity index (χ4n) is 1.57. The van der Waals surface area contributed by atoms with Crippen LogP contribution in [0.4, 0.5) is 0 Å². The van der Waals surface area contributed by atoms with Gasteiger partial charge >= 0.3 is 0 Å². The normalized spacial score (nSPS) is 20.9. The van der Waals surface area contributed by atoms with Crippen LogP contribution in [0.2, 0.25) is 0 Å². The number of methoxy groups -OCH3 is 1. The zero-order chi connectivity index (χ0) is 9.26. The van der Waals surface area contributed by atoms with Gasteiger partial charge in [-0.1, -0.05) is 12.1 Å². The van der Waals surface area contributed by atoms with Gasteiger partial charge in [0.1, 0.15) is 5.75 Å².